The van der Waals surface area contributed by atoms with Crippen LogP contribution in [-0.2, 0) is 0 Å². The molecule has 1 rings (SSSR count). The lowest BCUT2D eigenvalue weighted by molar-refractivity contribution is 0.0485. The molecule has 0 saturated carbocycles. The van der Waals surface area contributed by atoms with Crippen molar-refractivity contribution in [3.63, 3.8) is 0 Å². The summed E-state index contributed by atoms with van der Waals surface area (Å²) in [5, 5.41) is 27.0. The maximum atomic E-state index is 13.3. The van der Waals surface area contributed by atoms with Gasteiger partial charge in [0.05, 0.1) is 18.7 Å². The van der Waals surface area contributed by atoms with Crippen molar-refractivity contribution in [1.29, 1.82) is 5.26 Å². The zero-order valence-electron chi connectivity index (χ0n) is 8.01. The second-order valence-corrected chi connectivity index (χ2v) is 2.87. The number of rotatable bonds is 3. The number of benzene rings is 1. The Bertz CT molecular complexity index is 389. The lowest BCUT2D eigenvalue weighted by Crippen LogP contribution is -2.18. The van der Waals surface area contributed by atoms with Crippen molar-refractivity contribution in [2.24, 2.45) is 0 Å². The third kappa shape index (κ3) is 2.24. The maximum Gasteiger partial charge on any atom is 0.170 e. The molecule has 2 unspecified atom stereocenters. The molecule has 0 bridgehead atoms. The molecular weight excluding hydrogens is 201 g/mol. The molecule has 2 N–H and O–H groups in total. The fraction of sp³-hybridized carbons (Fsp3) is 0.300. The van der Waals surface area contributed by atoms with E-state index in [0.717, 1.165) is 6.07 Å². The van der Waals surface area contributed by atoms with E-state index in [1.807, 2.05) is 0 Å². The molecule has 80 valence electrons. The van der Waals surface area contributed by atoms with Crippen molar-refractivity contribution >= 4 is 0 Å². The zero-order valence-corrected chi connectivity index (χ0v) is 8.01. The molecule has 0 spiro atoms. The van der Waals surface area contributed by atoms with Crippen molar-refractivity contribution in [1.82, 2.24) is 0 Å². The molecule has 0 aliphatic heterocycles. The Morgan fingerprint density at radius 3 is 2.67 bits per heavy atom. The topological polar surface area (TPSA) is 73.5 Å². The summed E-state index contributed by atoms with van der Waals surface area (Å²) in [4.78, 5) is 0. The summed E-state index contributed by atoms with van der Waals surface area (Å²) < 4.78 is 18.1. The van der Waals surface area contributed by atoms with E-state index in [4.69, 9.17) is 15.1 Å². The van der Waals surface area contributed by atoms with Crippen LogP contribution >= 0.6 is 0 Å². The predicted molar refractivity (Wildman–Crippen MR) is 49.5 cm³/mol. The number of nitriles is 1. The molecule has 15 heavy (non-hydrogen) atoms. The number of methoxy groups -OCH3 is 1. The van der Waals surface area contributed by atoms with Gasteiger partial charge in [-0.25, -0.2) is 4.39 Å². The van der Waals surface area contributed by atoms with Crippen LogP contribution < -0.4 is 4.74 Å². The van der Waals surface area contributed by atoms with Crippen LogP contribution in [0.2, 0.25) is 0 Å². The number of nitrogens with zero attached hydrogens (tertiary/aromatic N) is 1. The highest BCUT2D eigenvalue weighted by Gasteiger charge is 2.24. The van der Waals surface area contributed by atoms with Gasteiger partial charge in [0.2, 0.25) is 0 Å². The van der Waals surface area contributed by atoms with Gasteiger partial charge < -0.3 is 14.9 Å². The standard InChI is InChI=1S/C10H10FNO3/c1-15-8-4-2-3-6(11)9(8)10(14)7(13)5-12/h2-4,7,10,13-14H,1H3. The molecular formula is C10H10FNO3. The SMILES string of the molecule is COc1cccc(F)c1C(O)C(O)C#N. The van der Waals surface area contributed by atoms with Crippen molar-refractivity contribution in [2.45, 2.75) is 12.2 Å². The highest BCUT2D eigenvalue weighted by atomic mass is 19.1. The highest BCUT2D eigenvalue weighted by molar-refractivity contribution is 5.37. The van der Waals surface area contributed by atoms with Crippen LogP contribution in [-0.4, -0.2) is 23.4 Å². The van der Waals surface area contributed by atoms with E-state index in [-0.39, 0.29) is 11.3 Å². The molecule has 0 radical (unpaired) electrons. The van der Waals surface area contributed by atoms with E-state index in [9.17, 15) is 9.50 Å². The Balaban J connectivity index is 3.18. The second-order valence-electron chi connectivity index (χ2n) is 2.87. The number of hydrogen-bond donors (Lipinski definition) is 2. The van der Waals surface area contributed by atoms with E-state index in [0.29, 0.717) is 0 Å². The predicted octanol–water partition coefficient (Wildman–Crippen LogP) is 0.752. The summed E-state index contributed by atoms with van der Waals surface area (Å²) in [5.41, 5.74) is -0.214. The molecule has 0 aliphatic rings. The Morgan fingerprint density at radius 2 is 2.13 bits per heavy atom. The fourth-order valence-electron chi connectivity index (χ4n) is 1.21. The van der Waals surface area contributed by atoms with Crippen LogP contribution in [0.1, 0.15) is 11.7 Å². The van der Waals surface area contributed by atoms with Crippen LogP contribution in [0.4, 0.5) is 4.39 Å². The normalized spacial score (nSPS) is 14.1. The van der Waals surface area contributed by atoms with Crippen molar-refractivity contribution in [2.75, 3.05) is 7.11 Å². The second kappa shape index (κ2) is 4.73. The molecule has 0 heterocycles. The van der Waals surface area contributed by atoms with Gasteiger partial charge in [0.25, 0.3) is 0 Å². The van der Waals surface area contributed by atoms with Gasteiger partial charge in [-0.15, -0.1) is 0 Å². The minimum atomic E-state index is -1.68. The number of halogens is 1. The van der Waals surface area contributed by atoms with E-state index >= 15 is 0 Å². The van der Waals surface area contributed by atoms with Gasteiger partial charge in [0.1, 0.15) is 17.7 Å². The average molecular weight is 211 g/mol. The van der Waals surface area contributed by atoms with Gasteiger partial charge in [-0.05, 0) is 12.1 Å². The average Bonchev–Trinajstić information content (AvgIpc) is 2.26. The van der Waals surface area contributed by atoms with Crippen molar-refractivity contribution in [3.8, 4) is 11.8 Å². The van der Waals surface area contributed by atoms with Gasteiger partial charge in [-0.1, -0.05) is 6.07 Å². The lowest BCUT2D eigenvalue weighted by atomic mass is 10.0. The first kappa shape index (κ1) is 11.4. The third-order valence-corrected chi connectivity index (χ3v) is 1.96. The first-order valence-electron chi connectivity index (χ1n) is 4.20. The number of aliphatic hydroxyl groups is 2. The van der Waals surface area contributed by atoms with Crippen LogP contribution in [0, 0.1) is 17.1 Å². The molecule has 0 saturated heterocycles. The molecule has 0 amide bonds. The Morgan fingerprint density at radius 1 is 1.47 bits per heavy atom. The summed E-state index contributed by atoms with van der Waals surface area (Å²) in [6.45, 7) is 0. The Kier molecular flexibility index (Phi) is 3.61. The number of aliphatic hydroxyl groups excluding tert-OH is 2. The smallest absolute Gasteiger partial charge is 0.170 e. The minimum Gasteiger partial charge on any atom is -0.496 e. The molecule has 0 aliphatic carbocycles. The number of ether oxygens (including phenoxy) is 1. The minimum absolute atomic E-state index is 0.0943. The van der Waals surface area contributed by atoms with Crippen LogP contribution in [0.15, 0.2) is 18.2 Å². The van der Waals surface area contributed by atoms with Crippen molar-refractivity contribution < 1.29 is 19.3 Å². The van der Waals surface area contributed by atoms with E-state index in [1.54, 1.807) is 0 Å². The lowest BCUT2D eigenvalue weighted by Gasteiger charge is -2.16. The summed E-state index contributed by atoms with van der Waals surface area (Å²) in [6, 6.07) is 5.38. The van der Waals surface area contributed by atoms with E-state index in [2.05, 4.69) is 0 Å². The fourth-order valence-corrected chi connectivity index (χ4v) is 1.21. The van der Waals surface area contributed by atoms with Gasteiger partial charge in [0.15, 0.2) is 6.10 Å². The first-order valence-corrected chi connectivity index (χ1v) is 4.20. The number of hydrogen-bond acceptors (Lipinski definition) is 4. The quantitative estimate of drug-likeness (QED) is 0.723. The molecule has 2 atom stereocenters. The van der Waals surface area contributed by atoms with Crippen LogP contribution in [0.25, 0.3) is 0 Å². The van der Waals surface area contributed by atoms with E-state index in [1.165, 1.54) is 25.3 Å². The van der Waals surface area contributed by atoms with E-state index < -0.39 is 18.0 Å². The summed E-state index contributed by atoms with van der Waals surface area (Å²) in [7, 11) is 1.31. The largest absolute Gasteiger partial charge is 0.496 e. The van der Waals surface area contributed by atoms with Gasteiger partial charge in [-0.2, -0.15) is 5.26 Å². The highest BCUT2D eigenvalue weighted by Crippen LogP contribution is 2.29. The Hall–Kier alpha value is -1.64. The van der Waals surface area contributed by atoms with Gasteiger partial charge >= 0.3 is 0 Å². The first-order chi connectivity index (χ1) is 7.11. The van der Waals surface area contributed by atoms with Gasteiger partial charge in [0, 0.05) is 0 Å². The molecule has 5 heteroatoms. The Labute approximate surface area is 86.2 Å². The van der Waals surface area contributed by atoms with Gasteiger partial charge in [-0.3, -0.25) is 0 Å². The summed E-state index contributed by atoms with van der Waals surface area (Å²) in [6.07, 6.45) is -3.30. The van der Waals surface area contributed by atoms with Crippen molar-refractivity contribution in [3.05, 3.63) is 29.6 Å². The van der Waals surface area contributed by atoms with Crippen LogP contribution in [0.5, 0.6) is 5.75 Å². The molecule has 0 fully saturated rings. The molecule has 1 aromatic rings. The maximum absolute atomic E-state index is 13.3. The van der Waals surface area contributed by atoms with Crippen LogP contribution in [0.3, 0.4) is 0 Å². The zero-order chi connectivity index (χ0) is 11.4. The monoisotopic (exact) mass is 211 g/mol. The molecule has 0 aromatic heterocycles. The molecule has 4 nitrogen and oxygen atoms in total. The summed E-state index contributed by atoms with van der Waals surface area (Å²) in [5.74, 6) is -0.632. The molecule has 1 aromatic carbocycles. The third-order valence-electron chi connectivity index (χ3n) is 1.96. The summed E-state index contributed by atoms with van der Waals surface area (Å²) >= 11 is 0.